The molecule has 0 saturated carbocycles. The molecule has 0 aliphatic heterocycles. The summed E-state index contributed by atoms with van der Waals surface area (Å²) in [7, 11) is 1.95. The predicted octanol–water partition coefficient (Wildman–Crippen LogP) is 3.59. The molecule has 1 aliphatic rings. The molecule has 2 aromatic heterocycles. The van der Waals surface area contributed by atoms with Crippen molar-refractivity contribution in [2.75, 3.05) is 0 Å². The number of hydrogen-bond acceptors (Lipinski definition) is 3. The lowest BCUT2D eigenvalue weighted by Gasteiger charge is -2.23. The van der Waals surface area contributed by atoms with Crippen LogP contribution in [-0.4, -0.2) is 15.7 Å². The van der Waals surface area contributed by atoms with E-state index in [2.05, 4.69) is 10.4 Å². The normalized spacial score (nSPS) is 17.0. The highest BCUT2D eigenvalue weighted by molar-refractivity contribution is 5.99. The molecule has 1 aliphatic carbocycles. The summed E-state index contributed by atoms with van der Waals surface area (Å²) in [6.07, 6.45) is 4.87. The summed E-state index contributed by atoms with van der Waals surface area (Å²) in [5.41, 5.74) is 5.12. The van der Waals surface area contributed by atoms with E-state index in [0.717, 1.165) is 46.9 Å². The van der Waals surface area contributed by atoms with Crippen molar-refractivity contribution in [1.82, 2.24) is 15.1 Å². The molecular weight excluding hydrogens is 302 g/mol. The zero-order valence-electron chi connectivity index (χ0n) is 14.2. The number of rotatable bonds is 2. The number of fused-ring (bicyclic) bond motifs is 2. The van der Waals surface area contributed by atoms with Gasteiger partial charge in [0.15, 0.2) is 5.76 Å². The molecule has 0 bridgehead atoms. The molecule has 5 nitrogen and oxygen atoms in total. The summed E-state index contributed by atoms with van der Waals surface area (Å²) in [6.45, 7) is 3.95. The van der Waals surface area contributed by atoms with Gasteiger partial charge in [-0.25, -0.2) is 0 Å². The summed E-state index contributed by atoms with van der Waals surface area (Å²) in [5.74, 6) is 0.259. The highest BCUT2D eigenvalue weighted by Crippen LogP contribution is 2.31. The lowest BCUT2D eigenvalue weighted by atomic mass is 9.93. The lowest BCUT2D eigenvalue weighted by molar-refractivity contribution is 0.0906. The van der Waals surface area contributed by atoms with Gasteiger partial charge >= 0.3 is 0 Å². The molecule has 0 fully saturated rings. The van der Waals surface area contributed by atoms with Crippen LogP contribution in [0.5, 0.6) is 0 Å². The number of carbonyl (C=O) groups excluding carboxylic acids is 1. The Kier molecular flexibility index (Phi) is 3.44. The van der Waals surface area contributed by atoms with Crippen LogP contribution in [0.1, 0.15) is 51.8 Å². The number of carbonyl (C=O) groups is 1. The van der Waals surface area contributed by atoms with Crippen molar-refractivity contribution in [2.45, 2.75) is 39.2 Å². The van der Waals surface area contributed by atoms with E-state index in [4.69, 9.17) is 4.42 Å². The molecule has 2 heterocycles. The Labute approximate surface area is 140 Å². The molecule has 0 spiro atoms. The van der Waals surface area contributed by atoms with Crippen molar-refractivity contribution in [3.05, 3.63) is 52.5 Å². The van der Waals surface area contributed by atoms with Crippen LogP contribution in [0.2, 0.25) is 0 Å². The van der Waals surface area contributed by atoms with E-state index < -0.39 is 0 Å². The monoisotopic (exact) mass is 323 g/mol. The fourth-order valence-electron chi connectivity index (χ4n) is 3.63. The van der Waals surface area contributed by atoms with Crippen molar-refractivity contribution in [3.63, 3.8) is 0 Å². The quantitative estimate of drug-likeness (QED) is 0.784. The Hall–Kier alpha value is -2.56. The van der Waals surface area contributed by atoms with E-state index in [0.29, 0.717) is 5.76 Å². The largest absolute Gasteiger partial charge is 0.451 e. The summed E-state index contributed by atoms with van der Waals surface area (Å²) in [4.78, 5) is 12.8. The van der Waals surface area contributed by atoms with Gasteiger partial charge in [0.05, 0.1) is 12.2 Å². The van der Waals surface area contributed by atoms with Crippen LogP contribution in [0.15, 0.2) is 28.8 Å². The van der Waals surface area contributed by atoms with Gasteiger partial charge in [0.25, 0.3) is 5.91 Å². The van der Waals surface area contributed by atoms with Gasteiger partial charge < -0.3 is 9.73 Å². The van der Waals surface area contributed by atoms with E-state index in [1.807, 2.05) is 50.0 Å². The van der Waals surface area contributed by atoms with Gasteiger partial charge in [0.1, 0.15) is 5.58 Å². The van der Waals surface area contributed by atoms with Crippen molar-refractivity contribution >= 4 is 16.9 Å². The zero-order chi connectivity index (χ0) is 16.8. The first kappa shape index (κ1) is 15.0. The van der Waals surface area contributed by atoms with E-state index in [-0.39, 0.29) is 11.9 Å². The minimum Gasteiger partial charge on any atom is -0.451 e. The van der Waals surface area contributed by atoms with Gasteiger partial charge in [-0.05, 0) is 44.7 Å². The van der Waals surface area contributed by atoms with Gasteiger partial charge in [0, 0.05) is 29.3 Å². The van der Waals surface area contributed by atoms with Gasteiger partial charge in [-0.3, -0.25) is 9.48 Å². The molecule has 3 aromatic rings. The smallest absolute Gasteiger partial charge is 0.287 e. The van der Waals surface area contributed by atoms with E-state index in [9.17, 15) is 4.79 Å². The molecule has 1 amide bonds. The average Bonchev–Trinajstić information content (AvgIpc) is 3.09. The van der Waals surface area contributed by atoms with Crippen molar-refractivity contribution < 1.29 is 9.21 Å². The molecule has 4 rings (SSSR count). The highest BCUT2D eigenvalue weighted by Gasteiger charge is 2.27. The maximum Gasteiger partial charge on any atom is 0.287 e. The molecule has 124 valence electrons. The number of benzene rings is 1. The van der Waals surface area contributed by atoms with Crippen LogP contribution in [0.4, 0.5) is 0 Å². The molecule has 0 saturated heterocycles. The van der Waals surface area contributed by atoms with Crippen LogP contribution in [0.25, 0.3) is 11.0 Å². The van der Waals surface area contributed by atoms with Gasteiger partial charge in [-0.2, -0.15) is 5.10 Å². The molecule has 1 aromatic carbocycles. The van der Waals surface area contributed by atoms with E-state index in [1.54, 1.807) is 0 Å². The topological polar surface area (TPSA) is 60.1 Å². The summed E-state index contributed by atoms with van der Waals surface area (Å²) in [5, 5.41) is 8.46. The Morgan fingerprint density at radius 3 is 3.04 bits per heavy atom. The standard InChI is InChI=1S/C19H21N3O2/c1-11-7-8-13-12(2)18(24-17(13)9-11)19(23)21-15-5-4-6-16-14(15)10-20-22(16)3/h7-10,15H,4-6H2,1-3H3,(H,21,23)/t15-/m0/s1. The molecule has 0 unspecified atom stereocenters. The number of hydrogen-bond donors (Lipinski definition) is 1. The van der Waals surface area contributed by atoms with E-state index in [1.165, 1.54) is 5.69 Å². The minimum atomic E-state index is -0.150. The second kappa shape index (κ2) is 5.51. The summed E-state index contributed by atoms with van der Waals surface area (Å²) < 4.78 is 7.75. The fraction of sp³-hybridized carbons (Fsp3) is 0.368. The first-order valence-corrected chi connectivity index (χ1v) is 8.36. The van der Waals surface area contributed by atoms with Gasteiger partial charge in [-0.15, -0.1) is 0 Å². The molecule has 24 heavy (non-hydrogen) atoms. The van der Waals surface area contributed by atoms with E-state index >= 15 is 0 Å². The zero-order valence-corrected chi connectivity index (χ0v) is 14.2. The van der Waals surface area contributed by atoms with Crippen LogP contribution in [0, 0.1) is 13.8 Å². The Morgan fingerprint density at radius 1 is 1.38 bits per heavy atom. The maximum atomic E-state index is 12.8. The van der Waals surface area contributed by atoms with Crippen LogP contribution in [-0.2, 0) is 13.5 Å². The molecule has 5 heteroatoms. The van der Waals surface area contributed by atoms with Crippen molar-refractivity contribution in [1.29, 1.82) is 0 Å². The third-order valence-corrected chi connectivity index (χ3v) is 4.98. The number of nitrogens with zero attached hydrogens (tertiary/aromatic N) is 2. The van der Waals surface area contributed by atoms with Crippen LogP contribution >= 0.6 is 0 Å². The summed E-state index contributed by atoms with van der Waals surface area (Å²) >= 11 is 0. The number of amides is 1. The number of aromatic nitrogens is 2. The first-order valence-electron chi connectivity index (χ1n) is 8.36. The second-order valence-corrected chi connectivity index (χ2v) is 6.64. The fourth-order valence-corrected chi connectivity index (χ4v) is 3.63. The van der Waals surface area contributed by atoms with Crippen molar-refractivity contribution in [2.24, 2.45) is 7.05 Å². The van der Waals surface area contributed by atoms with Crippen molar-refractivity contribution in [3.8, 4) is 0 Å². The Bertz CT molecular complexity index is 936. The molecule has 1 N–H and O–H groups in total. The molecule has 0 radical (unpaired) electrons. The lowest BCUT2D eigenvalue weighted by Crippen LogP contribution is -2.31. The number of furan rings is 1. The van der Waals surface area contributed by atoms with Crippen LogP contribution < -0.4 is 5.32 Å². The highest BCUT2D eigenvalue weighted by atomic mass is 16.3. The van der Waals surface area contributed by atoms with Gasteiger partial charge in [0.2, 0.25) is 0 Å². The third kappa shape index (κ3) is 2.31. The maximum absolute atomic E-state index is 12.8. The third-order valence-electron chi connectivity index (χ3n) is 4.98. The SMILES string of the molecule is Cc1ccc2c(C)c(C(=O)N[C@H]3CCCc4c3cnn4C)oc2c1. The summed E-state index contributed by atoms with van der Waals surface area (Å²) in [6, 6.07) is 6.03. The minimum absolute atomic E-state index is 0.00398. The predicted molar refractivity (Wildman–Crippen MR) is 92.0 cm³/mol. The second-order valence-electron chi connectivity index (χ2n) is 6.64. The number of aryl methyl sites for hydroxylation is 3. The first-order chi connectivity index (χ1) is 11.5. The number of nitrogens with one attached hydrogen (secondary N) is 1. The molecule has 1 atom stereocenters. The van der Waals surface area contributed by atoms with Gasteiger partial charge in [-0.1, -0.05) is 12.1 Å². The Balaban J connectivity index is 1.65. The average molecular weight is 323 g/mol. The molecular formula is C19H21N3O2. The Morgan fingerprint density at radius 2 is 2.21 bits per heavy atom. The van der Waals surface area contributed by atoms with Crippen LogP contribution in [0.3, 0.4) is 0 Å².